The number of rotatable bonds is 4. The van der Waals surface area contributed by atoms with E-state index < -0.39 is 11.9 Å². The van der Waals surface area contributed by atoms with E-state index in [0.29, 0.717) is 41.2 Å². The Morgan fingerprint density at radius 2 is 1.97 bits per heavy atom. The third kappa shape index (κ3) is 3.73. The van der Waals surface area contributed by atoms with Crippen molar-refractivity contribution in [1.82, 2.24) is 9.55 Å². The van der Waals surface area contributed by atoms with Gasteiger partial charge < -0.3 is 19.9 Å². The van der Waals surface area contributed by atoms with Crippen LogP contribution in [0.1, 0.15) is 17.8 Å². The monoisotopic (exact) mass is 421 g/mol. The number of benzene rings is 2. The number of ether oxygens (including phenoxy) is 2. The van der Waals surface area contributed by atoms with Crippen molar-refractivity contribution in [2.45, 2.75) is 13.0 Å². The van der Waals surface area contributed by atoms with Crippen LogP contribution in [0.4, 0.5) is 5.69 Å². The quantitative estimate of drug-likeness (QED) is 0.621. The molecule has 0 saturated carbocycles. The number of carboxylic acids is 1. The summed E-state index contributed by atoms with van der Waals surface area (Å²) in [6.07, 6.45) is 2.54. The molecular weight excluding hydrogens is 402 g/mol. The van der Waals surface area contributed by atoms with E-state index in [-0.39, 0.29) is 11.2 Å². The average Bonchev–Trinajstić information content (AvgIpc) is 3.16. The Morgan fingerprint density at radius 1 is 1.16 bits per heavy atom. The van der Waals surface area contributed by atoms with Gasteiger partial charge in [-0.1, -0.05) is 0 Å². The number of fused-ring (bicyclic) bond motifs is 2. The molecule has 3 aromatic rings. The van der Waals surface area contributed by atoms with Crippen molar-refractivity contribution in [3.63, 3.8) is 0 Å². The SMILES string of the molecule is COc1ccc(/C=C2\CCn3c2nc2cc(NC(=O)C(=O)O)ccc2c3=O)c(OC)c1. The molecule has 0 fully saturated rings. The Labute approximate surface area is 176 Å². The number of carbonyl (C=O) groups is 2. The summed E-state index contributed by atoms with van der Waals surface area (Å²) in [7, 11) is 3.15. The highest BCUT2D eigenvalue weighted by Crippen LogP contribution is 2.32. The summed E-state index contributed by atoms with van der Waals surface area (Å²) in [6, 6.07) is 9.97. The summed E-state index contributed by atoms with van der Waals surface area (Å²) < 4.78 is 12.3. The van der Waals surface area contributed by atoms with Crippen molar-refractivity contribution < 1.29 is 24.2 Å². The number of allylic oxidation sites excluding steroid dienone is 1. The lowest BCUT2D eigenvalue weighted by Crippen LogP contribution is -2.23. The van der Waals surface area contributed by atoms with Crippen molar-refractivity contribution in [1.29, 1.82) is 0 Å². The summed E-state index contributed by atoms with van der Waals surface area (Å²) >= 11 is 0. The van der Waals surface area contributed by atoms with Crippen molar-refractivity contribution >= 4 is 40.1 Å². The van der Waals surface area contributed by atoms with Gasteiger partial charge in [0.15, 0.2) is 0 Å². The number of hydrogen-bond acceptors (Lipinski definition) is 6. The number of aromatic nitrogens is 2. The van der Waals surface area contributed by atoms with E-state index in [4.69, 9.17) is 14.6 Å². The molecule has 0 atom stereocenters. The molecule has 31 heavy (non-hydrogen) atoms. The lowest BCUT2D eigenvalue weighted by atomic mass is 10.1. The van der Waals surface area contributed by atoms with E-state index in [1.54, 1.807) is 24.9 Å². The Kier molecular flexibility index (Phi) is 5.16. The normalized spacial score (nSPS) is 13.8. The van der Waals surface area contributed by atoms with E-state index in [2.05, 4.69) is 10.3 Å². The highest BCUT2D eigenvalue weighted by molar-refractivity contribution is 6.36. The minimum absolute atomic E-state index is 0.193. The van der Waals surface area contributed by atoms with Gasteiger partial charge >= 0.3 is 11.9 Å². The average molecular weight is 421 g/mol. The predicted molar refractivity (Wildman–Crippen MR) is 114 cm³/mol. The summed E-state index contributed by atoms with van der Waals surface area (Å²) in [5.74, 6) is -0.934. The number of carbonyl (C=O) groups excluding carboxylic acids is 1. The summed E-state index contributed by atoms with van der Waals surface area (Å²) in [6.45, 7) is 0.499. The smallest absolute Gasteiger partial charge is 0.394 e. The lowest BCUT2D eigenvalue weighted by molar-refractivity contribution is -0.147. The number of methoxy groups -OCH3 is 2. The zero-order chi connectivity index (χ0) is 22.1. The van der Waals surface area contributed by atoms with E-state index >= 15 is 0 Å². The molecule has 2 N–H and O–H groups in total. The number of hydrogen-bond donors (Lipinski definition) is 2. The van der Waals surface area contributed by atoms with Crippen LogP contribution in [0.25, 0.3) is 22.6 Å². The first kappa shape index (κ1) is 20.1. The van der Waals surface area contributed by atoms with Gasteiger partial charge in [0.05, 0.1) is 25.1 Å². The van der Waals surface area contributed by atoms with Crippen molar-refractivity contribution in [3.05, 3.63) is 58.1 Å². The van der Waals surface area contributed by atoms with Crippen LogP contribution in [0, 0.1) is 0 Å². The summed E-state index contributed by atoms with van der Waals surface area (Å²) in [5, 5.41) is 11.4. The maximum atomic E-state index is 12.9. The first-order chi connectivity index (χ1) is 14.9. The second-order valence-electron chi connectivity index (χ2n) is 6.91. The van der Waals surface area contributed by atoms with Gasteiger partial charge in [-0.2, -0.15) is 0 Å². The third-order valence-electron chi connectivity index (χ3n) is 5.07. The van der Waals surface area contributed by atoms with Crippen LogP contribution in [0.2, 0.25) is 0 Å². The summed E-state index contributed by atoms with van der Waals surface area (Å²) in [4.78, 5) is 39.8. The molecule has 9 heteroatoms. The van der Waals surface area contributed by atoms with Crippen LogP contribution >= 0.6 is 0 Å². The van der Waals surface area contributed by atoms with Crippen LogP contribution in [0.5, 0.6) is 11.5 Å². The highest BCUT2D eigenvalue weighted by Gasteiger charge is 2.22. The summed E-state index contributed by atoms with van der Waals surface area (Å²) in [5.41, 5.74) is 2.11. The molecule has 2 heterocycles. The van der Waals surface area contributed by atoms with E-state index in [1.807, 2.05) is 18.2 Å². The standard InChI is InChI=1S/C22H19N3O6/c1-30-15-5-3-12(18(11-15)31-2)9-13-7-8-25-19(13)24-17-10-14(23-20(26)22(28)29)4-6-16(17)21(25)27/h3-6,9-11H,7-8H2,1-2H3,(H,23,26)(H,28,29)/b13-9+. The van der Waals surface area contributed by atoms with Gasteiger partial charge in [-0.25, -0.2) is 9.78 Å². The van der Waals surface area contributed by atoms with Gasteiger partial charge in [-0.3, -0.25) is 14.2 Å². The fraction of sp³-hybridized carbons (Fsp3) is 0.182. The van der Waals surface area contributed by atoms with Crippen molar-refractivity contribution in [3.8, 4) is 11.5 Å². The zero-order valence-electron chi connectivity index (χ0n) is 16.8. The molecule has 9 nitrogen and oxygen atoms in total. The zero-order valence-corrected chi connectivity index (χ0v) is 16.8. The molecular formula is C22H19N3O6. The Balaban J connectivity index is 1.79. The minimum Gasteiger partial charge on any atom is -0.497 e. The molecule has 4 rings (SSSR count). The first-order valence-electron chi connectivity index (χ1n) is 9.43. The Hall–Kier alpha value is -4.14. The van der Waals surface area contributed by atoms with Gasteiger partial charge in [0.1, 0.15) is 17.3 Å². The van der Waals surface area contributed by atoms with E-state index in [0.717, 1.165) is 11.1 Å². The number of carboxylic acid groups (broad SMARTS) is 1. The number of nitrogens with one attached hydrogen (secondary N) is 1. The topological polar surface area (TPSA) is 120 Å². The van der Waals surface area contributed by atoms with Crippen LogP contribution in [0.3, 0.4) is 0 Å². The van der Waals surface area contributed by atoms with Gasteiger partial charge in [0, 0.05) is 23.9 Å². The van der Waals surface area contributed by atoms with Crippen LogP contribution in [-0.2, 0) is 16.1 Å². The molecule has 0 spiro atoms. The van der Waals surface area contributed by atoms with Gasteiger partial charge in [-0.05, 0) is 48.4 Å². The number of amides is 1. The van der Waals surface area contributed by atoms with Crippen LogP contribution < -0.4 is 20.3 Å². The number of aliphatic carboxylic acids is 1. The minimum atomic E-state index is -1.60. The Bertz CT molecular complexity index is 1310. The second kappa shape index (κ2) is 7.94. The number of nitrogens with zero attached hydrogens (tertiary/aromatic N) is 2. The third-order valence-corrected chi connectivity index (χ3v) is 5.07. The maximum Gasteiger partial charge on any atom is 0.394 e. The van der Waals surface area contributed by atoms with Crippen molar-refractivity contribution in [2.75, 3.05) is 19.5 Å². The fourth-order valence-electron chi connectivity index (χ4n) is 3.54. The van der Waals surface area contributed by atoms with E-state index in [9.17, 15) is 14.4 Å². The largest absolute Gasteiger partial charge is 0.497 e. The molecule has 0 aliphatic carbocycles. The number of anilines is 1. The van der Waals surface area contributed by atoms with Crippen LogP contribution in [0.15, 0.2) is 41.2 Å². The maximum absolute atomic E-state index is 12.9. The molecule has 1 aliphatic rings. The van der Waals surface area contributed by atoms with Crippen LogP contribution in [-0.4, -0.2) is 40.8 Å². The Morgan fingerprint density at radius 3 is 2.68 bits per heavy atom. The fourth-order valence-corrected chi connectivity index (χ4v) is 3.54. The first-order valence-corrected chi connectivity index (χ1v) is 9.43. The highest BCUT2D eigenvalue weighted by atomic mass is 16.5. The lowest BCUT2D eigenvalue weighted by Gasteiger charge is -2.09. The molecule has 1 aliphatic heterocycles. The van der Waals surface area contributed by atoms with E-state index in [1.165, 1.54) is 18.2 Å². The molecule has 2 aromatic carbocycles. The van der Waals surface area contributed by atoms with Crippen molar-refractivity contribution in [2.24, 2.45) is 0 Å². The molecule has 0 saturated heterocycles. The molecule has 0 unspecified atom stereocenters. The van der Waals surface area contributed by atoms with Gasteiger partial charge in [0.2, 0.25) is 0 Å². The molecule has 1 aromatic heterocycles. The predicted octanol–water partition coefficient (Wildman–Crippen LogP) is 2.38. The van der Waals surface area contributed by atoms with Gasteiger partial charge in [-0.15, -0.1) is 0 Å². The molecule has 0 radical (unpaired) electrons. The molecule has 158 valence electrons. The van der Waals surface area contributed by atoms with Gasteiger partial charge in [0.25, 0.3) is 5.56 Å². The molecule has 1 amide bonds. The second-order valence-corrected chi connectivity index (χ2v) is 6.91. The molecule has 0 bridgehead atoms.